The summed E-state index contributed by atoms with van der Waals surface area (Å²) < 4.78 is 0. The van der Waals surface area contributed by atoms with E-state index in [9.17, 15) is 0 Å². The van der Waals surface area contributed by atoms with Crippen LogP contribution in [0.25, 0.3) is 0 Å². The summed E-state index contributed by atoms with van der Waals surface area (Å²) in [5.74, 6) is 0.728. The summed E-state index contributed by atoms with van der Waals surface area (Å²) in [7, 11) is 2.10. The molecule has 3 heteroatoms. The first-order valence-corrected chi connectivity index (χ1v) is 7.84. The highest BCUT2D eigenvalue weighted by atomic mass is 15.2. The van der Waals surface area contributed by atoms with Gasteiger partial charge in [-0.05, 0) is 64.8 Å². The van der Waals surface area contributed by atoms with Gasteiger partial charge in [-0.1, -0.05) is 13.8 Å². The Morgan fingerprint density at radius 2 is 1.67 bits per heavy atom. The third-order valence-electron chi connectivity index (χ3n) is 4.84. The van der Waals surface area contributed by atoms with Gasteiger partial charge in [0.15, 0.2) is 0 Å². The molecule has 3 nitrogen and oxygen atoms in total. The second-order valence-corrected chi connectivity index (χ2v) is 6.41. The zero-order chi connectivity index (χ0) is 13.0. The smallest absolute Gasteiger partial charge is 0.0214 e. The van der Waals surface area contributed by atoms with Crippen molar-refractivity contribution in [2.24, 2.45) is 5.92 Å². The molecule has 2 heterocycles. The van der Waals surface area contributed by atoms with E-state index in [2.05, 4.69) is 36.0 Å². The average molecular weight is 253 g/mol. The molecule has 2 aliphatic rings. The van der Waals surface area contributed by atoms with Crippen LogP contribution < -0.4 is 5.32 Å². The molecule has 0 unspecified atom stereocenters. The molecule has 0 spiro atoms. The first-order valence-electron chi connectivity index (χ1n) is 7.84. The predicted molar refractivity (Wildman–Crippen MR) is 78.0 cm³/mol. The van der Waals surface area contributed by atoms with Crippen LogP contribution in [-0.2, 0) is 0 Å². The van der Waals surface area contributed by atoms with E-state index in [1.54, 1.807) is 0 Å². The molecular formula is C15H31N3. The van der Waals surface area contributed by atoms with Crippen LogP contribution in [0.5, 0.6) is 0 Å². The van der Waals surface area contributed by atoms with E-state index >= 15 is 0 Å². The Morgan fingerprint density at radius 1 is 1.06 bits per heavy atom. The Hall–Kier alpha value is -0.120. The lowest BCUT2D eigenvalue weighted by molar-refractivity contribution is 0.115. The SMILES string of the molecule is CN[C@@H](CN1CCC(N2CCCC2)CC1)C(C)C. The normalized spacial score (nSPS) is 26.0. The van der Waals surface area contributed by atoms with E-state index in [0.717, 1.165) is 12.0 Å². The van der Waals surface area contributed by atoms with Crippen molar-refractivity contribution in [2.45, 2.75) is 51.6 Å². The lowest BCUT2D eigenvalue weighted by atomic mass is 10.00. The Balaban J connectivity index is 1.72. The quantitative estimate of drug-likeness (QED) is 0.806. The fraction of sp³-hybridized carbons (Fsp3) is 1.00. The Morgan fingerprint density at radius 3 is 2.17 bits per heavy atom. The number of nitrogens with one attached hydrogen (secondary N) is 1. The number of rotatable bonds is 5. The standard InChI is InChI=1S/C15H31N3/c1-13(2)15(16-3)12-17-10-6-14(7-11-17)18-8-4-5-9-18/h13-16H,4-12H2,1-3H3/t15-/m0/s1. The highest BCUT2D eigenvalue weighted by Gasteiger charge is 2.27. The summed E-state index contributed by atoms with van der Waals surface area (Å²) in [4.78, 5) is 5.39. The predicted octanol–water partition coefficient (Wildman–Crippen LogP) is 1.79. The fourth-order valence-electron chi connectivity index (χ4n) is 3.49. The van der Waals surface area contributed by atoms with Crippen molar-refractivity contribution in [3.63, 3.8) is 0 Å². The van der Waals surface area contributed by atoms with Gasteiger partial charge in [-0.2, -0.15) is 0 Å². The first-order chi connectivity index (χ1) is 8.70. The molecule has 0 aromatic carbocycles. The molecule has 2 aliphatic heterocycles. The molecule has 106 valence electrons. The van der Waals surface area contributed by atoms with Crippen molar-refractivity contribution in [3.8, 4) is 0 Å². The van der Waals surface area contributed by atoms with Crippen molar-refractivity contribution in [3.05, 3.63) is 0 Å². The number of hydrogen-bond acceptors (Lipinski definition) is 3. The van der Waals surface area contributed by atoms with Crippen LogP contribution in [0.4, 0.5) is 0 Å². The summed E-state index contributed by atoms with van der Waals surface area (Å²) in [5, 5.41) is 3.46. The minimum absolute atomic E-state index is 0.647. The second kappa shape index (κ2) is 6.88. The lowest BCUT2D eigenvalue weighted by Gasteiger charge is -2.38. The zero-order valence-electron chi connectivity index (χ0n) is 12.5. The molecule has 0 amide bonds. The molecule has 0 aromatic rings. The molecule has 2 saturated heterocycles. The average Bonchev–Trinajstić information content (AvgIpc) is 2.90. The number of likely N-dealkylation sites (N-methyl/N-ethyl adjacent to an activating group) is 1. The number of piperidine rings is 1. The van der Waals surface area contributed by atoms with E-state index in [-0.39, 0.29) is 0 Å². The minimum Gasteiger partial charge on any atom is -0.315 e. The maximum Gasteiger partial charge on any atom is 0.0214 e. The highest BCUT2D eigenvalue weighted by molar-refractivity contribution is 4.84. The van der Waals surface area contributed by atoms with E-state index in [0.29, 0.717) is 6.04 Å². The van der Waals surface area contributed by atoms with E-state index in [1.165, 1.54) is 58.4 Å². The van der Waals surface area contributed by atoms with Gasteiger partial charge in [0.1, 0.15) is 0 Å². The van der Waals surface area contributed by atoms with Gasteiger partial charge in [0.2, 0.25) is 0 Å². The topological polar surface area (TPSA) is 18.5 Å². The summed E-state index contributed by atoms with van der Waals surface area (Å²) in [6, 6.07) is 1.53. The molecular weight excluding hydrogens is 222 g/mol. The first kappa shape index (κ1) is 14.3. The Bertz CT molecular complexity index is 228. The van der Waals surface area contributed by atoms with Gasteiger partial charge >= 0.3 is 0 Å². The molecule has 18 heavy (non-hydrogen) atoms. The van der Waals surface area contributed by atoms with Gasteiger partial charge in [-0.25, -0.2) is 0 Å². The minimum atomic E-state index is 0.647. The van der Waals surface area contributed by atoms with Gasteiger partial charge in [0.05, 0.1) is 0 Å². The maximum absolute atomic E-state index is 3.46. The van der Waals surface area contributed by atoms with E-state index < -0.39 is 0 Å². The third kappa shape index (κ3) is 3.69. The number of hydrogen-bond donors (Lipinski definition) is 1. The second-order valence-electron chi connectivity index (χ2n) is 6.41. The van der Waals surface area contributed by atoms with Crippen LogP contribution in [0.3, 0.4) is 0 Å². The van der Waals surface area contributed by atoms with Crippen molar-refractivity contribution in [1.82, 2.24) is 15.1 Å². The van der Waals surface area contributed by atoms with Crippen LogP contribution in [0.1, 0.15) is 39.5 Å². The summed E-state index contributed by atoms with van der Waals surface area (Å²) >= 11 is 0. The Labute approximate surface area is 113 Å². The van der Waals surface area contributed by atoms with Crippen molar-refractivity contribution in [1.29, 1.82) is 0 Å². The van der Waals surface area contributed by atoms with Crippen LogP contribution >= 0.6 is 0 Å². The highest BCUT2D eigenvalue weighted by Crippen LogP contribution is 2.21. The van der Waals surface area contributed by atoms with Crippen molar-refractivity contribution in [2.75, 3.05) is 39.8 Å². The summed E-state index contributed by atoms with van der Waals surface area (Å²) in [6.45, 7) is 11.2. The van der Waals surface area contributed by atoms with Crippen molar-refractivity contribution >= 4 is 0 Å². The molecule has 2 rings (SSSR count). The molecule has 0 aromatic heterocycles. The van der Waals surface area contributed by atoms with Crippen LogP contribution in [-0.4, -0.2) is 61.7 Å². The fourth-order valence-corrected chi connectivity index (χ4v) is 3.49. The van der Waals surface area contributed by atoms with Gasteiger partial charge in [-0.3, -0.25) is 0 Å². The molecule has 1 atom stereocenters. The monoisotopic (exact) mass is 253 g/mol. The zero-order valence-corrected chi connectivity index (χ0v) is 12.5. The third-order valence-corrected chi connectivity index (χ3v) is 4.84. The van der Waals surface area contributed by atoms with Gasteiger partial charge < -0.3 is 15.1 Å². The van der Waals surface area contributed by atoms with Crippen molar-refractivity contribution < 1.29 is 0 Å². The van der Waals surface area contributed by atoms with Gasteiger partial charge in [0, 0.05) is 18.6 Å². The van der Waals surface area contributed by atoms with Gasteiger partial charge in [0.25, 0.3) is 0 Å². The molecule has 0 bridgehead atoms. The summed E-state index contributed by atoms with van der Waals surface area (Å²) in [5.41, 5.74) is 0. The van der Waals surface area contributed by atoms with Crippen LogP contribution in [0.15, 0.2) is 0 Å². The Kier molecular flexibility index (Phi) is 5.46. The molecule has 0 radical (unpaired) electrons. The molecule has 2 fully saturated rings. The number of nitrogens with zero attached hydrogens (tertiary/aromatic N) is 2. The largest absolute Gasteiger partial charge is 0.315 e. The van der Waals surface area contributed by atoms with Crippen LogP contribution in [0, 0.1) is 5.92 Å². The number of likely N-dealkylation sites (tertiary alicyclic amines) is 2. The summed E-state index contributed by atoms with van der Waals surface area (Å²) in [6.07, 6.45) is 5.62. The molecule has 0 saturated carbocycles. The molecule has 0 aliphatic carbocycles. The maximum atomic E-state index is 3.46. The van der Waals surface area contributed by atoms with E-state index in [1.807, 2.05) is 0 Å². The van der Waals surface area contributed by atoms with E-state index in [4.69, 9.17) is 0 Å². The lowest BCUT2D eigenvalue weighted by Crippen LogP contribution is -2.49. The van der Waals surface area contributed by atoms with Crippen LogP contribution in [0.2, 0.25) is 0 Å². The molecule has 1 N–H and O–H groups in total. The van der Waals surface area contributed by atoms with Gasteiger partial charge in [-0.15, -0.1) is 0 Å².